The molecule has 0 saturated heterocycles. The van der Waals surface area contributed by atoms with E-state index in [0.29, 0.717) is 16.6 Å². The van der Waals surface area contributed by atoms with Crippen molar-refractivity contribution >= 4 is 23.6 Å². The van der Waals surface area contributed by atoms with Crippen LogP contribution >= 0.6 is 11.6 Å². The van der Waals surface area contributed by atoms with Gasteiger partial charge in [-0.05, 0) is 37.5 Å². The monoisotopic (exact) mass is 251 g/mol. The van der Waals surface area contributed by atoms with Crippen LogP contribution < -0.4 is 4.90 Å². The normalized spacial score (nSPS) is 14.7. The van der Waals surface area contributed by atoms with Gasteiger partial charge in [0.05, 0.1) is 5.02 Å². The van der Waals surface area contributed by atoms with Crippen LogP contribution in [0.2, 0.25) is 5.02 Å². The Balaban J connectivity index is 2.17. The molecule has 0 aliphatic heterocycles. The van der Waals surface area contributed by atoms with Crippen LogP contribution in [0.4, 0.5) is 5.69 Å². The number of hydrogen-bond acceptors (Lipinski definition) is 2. The van der Waals surface area contributed by atoms with Crippen LogP contribution in [0.1, 0.15) is 43.0 Å². The molecule has 0 spiro atoms. The molecule has 1 saturated carbocycles. The Morgan fingerprint density at radius 2 is 2.24 bits per heavy atom. The summed E-state index contributed by atoms with van der Waals surface area (Å²) >= 11 is 6.07. The lowest BCUT2D eigenvalue weighted by molar-refractivity contribution is 0.112. The number of carbonyl (C=O) groups is 1. The second-order valence-electron chi connectivity index (χ2n) is 4.60. The quantitative estimate of drug-likeness (QED) is 0.715. The molecular weight excluding hydrogens is 234 g/mol. The molecule has 2 nitrogen and oxygen atoms in total. The second kappa shape index (κ2) is 5.54. The summed E-state index contributed by atoms with van der Waals surface area (Å²) in [6.45, 7) is 3.28. The van der Waals surface area contributed by atoms with Crippen LogP contribution in [-0.2, 0) is 0 Å². The minimum absolute atomic E-state index is 0.555. The fourth-order valence-electron chi connectivity index (χ4n) is 2.03. The van der Waals surface area contributed by atoms with Crippen molar-refractivity contribution in [2.45, 2.75) is 38.6 Å². The van der Waals surface area contributed by atoms with Crippen LogP contribution in [-0.4, -0.2) is 18.9 Å². The molecule has 0 amide bonds. The topological polar surface area (TPSA) is 20.3 Å². The molecule has 0 N–H and O–H groups in total. The molecule has 1 fully saturated rings. The molecule has 0 unspecified atom stereocenters. The summed E-state index contributed by atoms with van der Waals surface area (Å²) in [5.74, 6) is 0. The number of benzene rings is 1. The minimum atomic E-state index is 0.555. The van der Waals surface area contributed by atoms with Gasteiger partial charge in [-0.1, -0.05) is 24.9 Å². The number of hydrogen-bond donors (Lipinski definition) is 0. The number of rotatable bonds is 6. The Bertz CT molecular complexity index is 401. The van der Waals surface area contributed by atoms with Gasteiger partial charge in [-0.25, -0.2) is 0 Å². The van der Waals surface area contributed by atoms with Crippen molar-refractivity contribution in [3.8, 4) is 0 Å². The van der Waals surface area contributed by atoms with Crippen LogP contribution in [0.5, 0.6) is 0 Å². The summed E-state index contributed by atoms with van der Waals surface area (Å²) in [5, 5.41) is 0.555. The zero-order valence-corrected chi connectivity index (χ0v) is 10.9. The Hall–Kier alpha value is -1.02. The van der Waals surface area contributed by atoms with Gasteiger partial charge in [-0.2, -0.15) is 0 Å². The number of nitrogens with zero attached hydrogens (tertiary/aromatic N) is 1. The first-order chi connectivity index (χ1) is 8.26. The third kappa shape index (κ3) is 3.01. The standard InChI is InChI=1S/C14H18ClNO/c1-2-3-8-16(12-6-7-12)13-5-4-11(10-17)14(15)9-13/h4-5,9-10,12H,2-3,6-8H2,1H3. The van der Waals surface area contributed by atoms with E-state index in [1.54, 1.807) is 0 Å². The highest BCUT2D eigenvalue weighted by Gasteiger charge is 2.28. The lowest BCUT2D eigenvalue weighted by atomic mass is 10.2. The van der Waals surface area contributed by atoms with Gasteiger partial charge in [0, 0.05) is 23.8 Å². The number of carbonyl (C=O) groups excluding carboxylic acids is 1. The average molecular weight is 252 g/mol. The van der Waals surface area contributed by atoms with Crippen molar-refractivity contribution in [1.29, 1.82) is 0 Å². The van der Waals surface area contributed by atoms with Crippen molar-refractivity contribution < 1.29 is 4.79 Å². The van der Waals surface area contributed by atoms with E-state index in [-0.39, 0.29) is 0 Å². The van der Waals surface area contributed by atoms with Gasteiger partial charge >= 0.3 is 0 Å². The number of anilines is 1. The first-order valence-corrected chi connectivity index (χ1v) is 6.65. The van der Waals surface area contributed by atoms with E-state index in [4.69, 9.17) is 11.6 Å². The molecule has 1 aliphatic rings. The van der Waals surface area contributed by atoms with Crippen LogP contribution in [0.3, 0.4) is 0 Å². The molecule has 17 heavy (non-hydrogen) atoms. The molecule has 1 aromatic carbocycles. The Kier molecular flexibility index (Phi) is 4.06. The SMILES string of the molecule is CCCCN(c1ccc(C=O)c(Cl)c1)C1CC1. The molecule has 2 rings (SSSR count). The van der Waals surface area contributed by atoms with Gasteiger partial charge in [0.25, 0.3) is 0 Å². The Morgan fingerprint density at radius 3 is 2.76 bits per heavy atom. The van der Waals surface area contributed by atoms with Gasteiger partial charge in [-0.3, -0.25) is 4.79 Å². The maximum Gasteiger partial charge on any atom is 0.151 e. The van der Waals surface area contributed by atoms with Crippen LogP contribution in [0.15, 0.2) is 18.2 Å². The maximum absolute atomic E-state index is 10.7. The van der Waals surface area contributed by atoms with Crippen LogP contribution in [0.25, 0.3) is 0 Å². The van der Waals surface area contributed by atoms with E-state index in [1.165, 1.54) is 25.7 Å². The van der Waals surface area contributed by atoms with Crippen molar-refractivity contribution in [3.63, 3.8) is 0 Å². The fraction of sp³-hybridized carbons (Fsp3) is 0.500. The molecule has 0 radical (unpaired) electrons. The van der Waals surface area contributed by atoms with Gasteiger partial charge in [0.2, 0.25) is 0 Å². The predicted octanol–water partition coefficient (Wildman–Crippen LogP) is 3.92. The van der Waals surface area contributed by atoms with E-state index in [2.05, 4.69) is 11.8 Å². The molecule has 1 aliphatic carbocycles. The third-order valence-corrected chi connectivity index (χ3v) is 3.51. The summed E-state index contributed by atoms with van der Waals surface area (Å²) in [7, 11) is 0. The number of halogens is 1. The Labute approximate surface area is 108 Å². The predicted molar refractivity (Wildman–Crippen MR) is 72.1 cm³/mol. The minimum Gasteiger partial charge on any atom is -0.369 e. The first-order valence-electron chi connectivity index (χ1n) is 6.27. The summed E-state index contributed by atoms with van der Waals surface area (Å²) in [6.07, 6.45) is 5.75. The van der Waals surface area contributed by atoms with E-state index < -0.39 is 0 Å². The van der Waals surface area contributed by atoms with E-state index in [1.807, 2.05) is 18.2 Å². The fourth-order valence-corrected chi connectivity index (χ4v) is 2.25. The average Bonchev–Trinajstić information content (AvgIpc) is 3.14. The highest BCUT2D eigenvalue weighted by molar-refractivity contribution is 6.33. The molecule has 1 aromatic rings. The lowest BCUT2D eigenvalue weighted by Crippen LogP contribution is -2.26. The van der Waals surface area contributed by atoms with E-state index in [9.17, 15) is 4.79 Å². The highest BCUT2D eigenvalue weighted by Crippen LogP contribution is 2.33. The van der Waals surface area contributed by atoms with Gasteiger partial charge < -0.3 is 4.90 Å². The second-order valence-corrected chi connectivity index (χ2v) is 5.01. The van der Waals surface area contributed by atoms with Gasteiger partial charge in [-0.15, -0.1) is 0 Å². The van der Waals surface area contributed by atoms with Crippen molar-refractivity contribution in [2.24, 2.45) is 0 Å². The lowest BCUT2D eigenvalue weighted by Gasteiger charge is -2.25. The molecule has 3 heteroatoms. The van der Waals surface area contributed by atoms with Crippen molar-refractivity contribution in [2.75, 3.05) is 11.4 Å². The largest absolute Gasteiger partial charge is 0.369 e. The molecule has 0 aromatic heterocycles. The first kappa shape index (κ1) is 12.4. The number of aldehydes is 1. The third-order valence-electron chi connectivity index (χ3n) is 3.18. The summed E-state index contributed by atoms with van der Waals surface area (Å²) in [6, 6.07) is 6.41. The number of unbranched alkanes of at least 4 members (excludes halogenated alkanes) is 1. The molecular formula is C14H18ClNO. The zero-order valence-electron chi connectivity index (χ0n) is 10.2. The highest BCUT2D eigenvalue weighted by atomic mass is 35.5. The van der Waals surface area contributed by atoms with E-state index in [0.717, 1.165) is 18.5 Å². The van der Waals surface area contributed by atoms with Crippen molar-refractivity contribution in [3.05, 3.63) is 28.8 Å². The van der Waals surface area contributed by atoms with Crippen molar-refractivity contribution in [1.82, 2.24) is 0 Å². The van der Waals surface area contributed by atoms with Gasteiger partial charge in [0.15, 0.2) is 6.29 Å². The summed E-state index contributed by atoms with van der Waals surface area (Å²) < 4.78 is 0. The summed E-state index contributed by atoms with van der Waals surface area (Å²) in [4.78, 5) is 13.1. The zero-order chi connectivity index (χ0) is 12.3. The summed E-state index contributed by atoms with van der Waals surface area (Å²) in [5.41, 5.74) is 1.72. The van der Waals surface area contributed by atoms with Crippen LogP contribution in [0, 0.1) is 0 Å². The smallest absolute Gasteiger partial charge is 0.151 e. The van der Waals surface area contributed by atoms with Gasteiger partial charge in [0.1, 0.15) is 0 Å². The Morgan fingerprint density at radius 1 is 1.47 bits per heavy atom. The molecule has 92 valence electrons. The maximum atomic E-state index is 10.7. The van der Waals surface area contributed by atoms with E-state index >= 15 is 0 Å². The molecule has 0 bridgehead atoms. The molecule has 0 heterocycles. The molecule has 0 atom stereocenters.